The summed E-state index contributed by atoms with van der Waals surface area (Å²) in [6, 6.07) is 6.83. The van der Waals surface area contributed by atoms with Crippen LogP contribution in [0.5, 0.6) is 5.75 Å². The van der Waals surface area contributed by atoms with E-state index in [0.717, 1.165) is 0 Å². The molecule has 1 aromatic carbocycles. The summed E-state index contributed by atoms with van der Waals surface area (Å²) >= 11 is 0. The first-order chi connectivity index (χ1) is 6.24. The highest BCUT2D eigenvalue weighted by Crippen LogP contribution is 2.15. The summed E-state index contributed by atoms with van der Waals surface area (Å²) in [4.78, 5) is 10.2. The highest BCUT2D eigenvalue weighted by Gasteiger charge is 2.02. The fraction of sp³-hybridized carbons (Fsp3) is 0.100. The molecule has 3 nitrogen and oxygen atoms in total. The number of para-hydroxylation sites is 1. The third-order valence-electron chi connectivity index (χ3n) is 1.39. The number of hydrogen-bond acceptors (Lipinski definition) is 2. The number of hydrogen-bond donors (Lipinski definition) is 1. The molecule has 0 fully saturated rings. The van der Waals surface area contributed by atoms with Gasteiger partial charge in [0.1, 0.15) is 5.75 Å². The molecule has 0 bridgehead atoms. The van der Waals surface area contributed by atoms with Gasteiger partial charge in [0.25, 0.3) is 0 Å². The van der Waals surface area contributed by atoms with Crippen molar-refractivity contribution in [2.24, 2.45) is 0 Å². The van der Waals surface area contributed by atoms with E-state index in [1.54, 1.807) is 24.3 Å². The summed E-state index contributed by atoms with van der Waals surface area (Å²) in [7, 11) is 0. The molecule has 0 aliphatic rings. The molecule has 1 aromatic rings. The second-order valence-corrected chi connectivity index (χ2v) is 2.32. The van der Waals surface area contributed by atoms with E-state index in [1.165, 1.54) is 0 Å². The van der Waals surface area contributed by atoms with Crippen molar-refractivity contribution in [1.29, 1.82) is 0 Å². The van der Waals surface area contributed by atoms with Gasteiger partial charge in [0, 0.05) is 0 Å². The molecular weight excluding hydrogens is 168 g/mol. The molecule has 3 heteroatoms. The lowest BCUT2D eigenvalue weighted by Gasteiger charge is -2.04. The Kier molecular flexibility index (Phi) is 2.93. The van der Waals surface area contributed by atoms with Crippen LogP contribution in [0.15, 0.2) is 24.3 Å². The Hall–Kier alpha value is -1.95. The number of rotatable bonds is 3. The van der Waals surface area contributed by atoms with Gasteiger partial charge in [0.15, 0.2) is 6.61 Å². The van der Waals surface area contributed by atoms with Crippen molar-refractivity contribution in [3.8, 4) is 18.1 Å². The molecule has 0 atom stereocenters. The number of aliphatic carboxylic acids is 1. The zero-order valence-corrected chi connectivity index (χ0v) is 6.86. The molecular formula is C10H8O3. The first kappa shape index (κ1) is 9.14. The summed E-state index contributed by atoms with van der Waals surface area (Å²) < 4.78 is 4.95. The highest BCUT2D eigenvalue weighted by molar-refractivity contribution is 5.68. The van der Waals surface area contributed by atoms with Gasteiger partial charge in [-0.1, -0.05) is 18.1 Å². The predicted octanol–water partition coefficient (Wildman–Crippen LogP) is 1.13. The number of carboxylic acid groups (broad SMARTS) is 1. The molecule has 1 rings (SSSR count). The monoisotopic (exact) mass is 176 g/mol. The number of terminal acetylenes is 1. The minimum atomic E-state index is -1.02. The van der Waals surface area contributed by atoms with E-state index in [0.29, 0.717) is 11.3 Å². The molecule has 0 aliphatic carbocycles. The van der Waals surface area contributed by atoms with Gasteiger partial charge in [-0.2, -0.15) is 0 Å². The van der Waals surface area contributed by atoms with Gasteiger partial charge in [0.05, 0.1) is 5.56 Å². The SMILES string of the molecule is C#Cc1ccccc1OCC(=O)O. The number of carboxylic acids is 1. The zero-order valence-electron chi connectivity index (χ0n) is 6.86. The van der Waals surface area contributed by atoms with Gasteiger partial charge in [-0.25, -0.2) is 4.79 Å². The van der Waals surface area contributed by atoms with Crippen LogP contribution in [-0.4, -0.2) is 17.7 Å². The molecule has 66 valence electrons. The van der Waals surface area contributed by atoms with Crippen LogP contribution in [0.1, 0.15) is 5.56 Å². The van der Waals surface area contributed by atoms with Crippen molar-refractivity contribution in [3.63, 3.8) is 0 Å². The molecule has 0 saturated heterocycles. The molecule has 0 amide bonds. The van der Waals surface area contributed by atoms with Gasteiger partial charge in [0.2, 0.25) is 0 Å². The normalized spacial score (nSPS) is 8.85. The minimum absolute atomic E-state index is 0.376. The van der Waals surface area contributed by atoms with Gasteiger partial charge >= 0.3 is 5.97 Å². The average molecular weight is 176 g/mol. The summed E-state index contributed by atoms with van der Waals surface area (Å²) in [5, 5.41) is 8.36. The third kappa shape index (κ3) is 2.53. The Balaban J connectivity index is 2.77. The summed E-state index contributed by atoms with van der Waals surface area (Å²) in [6.45, 7) is -0.376. The second kappa shape index (κ2) is 4.17. The van der Waals surface area contributed by atoms with Crippen LogP contribution < -0.4 is 4.74 Å². The number of benzene rings is 1. The molecule has 0 radical (unpaired) electrons. The smallest absolute Gasteiger partial charge is 0.341 e. The lowest BCUT2D eigenvalue weighted by molar-refractivity contribution is -0.139. The number of carbonyl (C=O) groups is 1. The first-order valence-electron chi connectivity index (χ1n) is 3.64. The standard InChI is InChI=1S/C10H8O3/c1-2-8-5-3-4-6-9(8)13-7-10(11)12/h1,3-6H,7H2,(H,11,12). The van der Waals surface area contributed by atoms with Gasteiger partial charge < -0.3 is 9.84 Å². The van der Waals surface area contributed by atoms with Crippen molar-refractivity contribution >= 4 is 5.97 Å². The molecule has 0 unspecified atom stereocenters. The van der Waals surface area contributed by atoms with Crippen LogP contribution in [0.2, 0.25) is 0 Å². The second-order valence-electron chi connectivity index (χ2n) is 2.32. The van der Waals surface area contributed by atoms with Gasteiger partial charge in [-0.3, -0.25) is 0 Å². The molecule has 0 spiro atoms. The lowest BCUT2D eigenvalue weighted by Crippen LogP contribution is -2.09. The van der Waals surface area contributed by atoms with Crippen molar-refractivity contribution in [3.05, 3.63) is 29.8 Å². The van der Waals surface area contributed by atoms with Crippen LogP contribution in [0.25, 0.3) is 0 Å². The Bertz CT molecular complexity index is 349. The molecule has 1 N–H and O–H groups in total. The van der Waals surface area contributed by atoms with E-state index < -0.39 is 5.97 Å². The van der Waals surface area contributed by atoms with Crippen molar-refractivity contribution in [1.82, 2.24) is 0 Å². The molecule has 0 saturated carbocycles. The van der Waals surface area contributed by atoms with E-state index in [-0.39, 0.29) is 6.61 Å². The van der Waals surface area contributed by atoms with E-state index in [9.17, 15) is 4.79 Å². The zero-order chi connectivity index (χ0) is 9.68. The molecule has 0 aromatic heterocycles. The fourth-order valence-corrected chi connectivity index (χ4v) is 0.851. The van der Waals surface area contributed by atoms with E-state index in [1.807, 2.05) is 0 Å². The predicted molar refractivity (Wildman–Crippen MR) is 47.5 cm³/mol. The lowest BCUT2D eigenvalue weighted by atomic mass is 10.2. The van der Waals surface area contributed by atoms with Crippen LogP contribution in [0.4, 0.5) is 0 Å². The van der Waals surface area contributed by atoms with Gasteiger partial charge in [-0.05, 0) is 12.1 Å². The summed E-state index contributed by atoms with van der Waals surface area (Å²) in [6.07, 6.45) is 5.18. The van der Waals surface area contributed by atoms with Crippen LogP contribution in [0.3, 0.4) is 0 Å². The van der Waals surface area contributed by atoms with Crippen LogP contribution in [0, 0.1) is 12.3 Å². The maximum absolute atomic E-state index is 10.2. The maximum atomic E-state index is 10.2. The Morgan fingerprint density at radius 3 is 2.85 bits per heavy atom. The van der Waals surface area contributed by atoms with E-state index in [4.69, 9.17) is 16.3 Å². The summed E-state index contributed by atoms with van der Waals surface area (Å²) in [5.74, 6) is 1.80. The van der Waals surface area contributed by atoms with Gasteiger partial charge in [-0.15, -0.1) is 6.42 Å². The van der Waals surface area contributed by atoms with Crippen LogP contribution in [-0.2, 0) is 4.79 Å². The molecule has 0 aliphatic heterocycles. The Labute approximate surface area is 76.0 Å². The maximum Gasteiger partial charge on any atom is 0.341 e. The first-order valence-corrected chi connectivity index (χ1v) is 3.64. The minimum Gasteiger partial charge on any atom is -0.481 e. The fourth-order valence-electron chi connectivity index (χ4n) is 0.851. The Morgan fingerprint density at radius 1 is 1.54 bits per heavy atom. The van der Waals surface area contributed by atoms with E-state index >= 15 is 0 Å². The molecule has 0 heterocycles. The van der Waals surface area contributed by atoms with Crippen LogP contribution >= 0.6 is 0 Å². The quantitative estimate of drug-likeness (QED) is 0.702. The average Bonchev–Trinajstić information content (AvgIpc) is 2.15. The third-order valence-corrected chi connectivity index (χ3v) is 1.39. The highest BCUT2D eigenvalue weighted by atomic mass is 16.5. The summed E-state index contributed by atoms with van der Waals surface area (Å²) in [5.41, 5.74) is 0.559. The molecule has 13 heavy (non-hydrogen) atoms. The van der Waals surface area contributed by atoms with Crippen molar-refractivity contribution < 1.29 is 14.6 Å². The van der Waals surface area contributed by atoms with E-state index in [2.05, 4.69) is 5.92 Å². The van der Waals surface area contributed by atoms with Crippen molar-refractivity contribution in [2.75, 3.05) is 6.61 Å². The number of ether oxygens (including phenoxy) is 1. The Morgan fingerprint density at radius 2 is 2.23 bits per heavy atom. The topological polar surface area (TPSA) is 46.5 Å². The van der Waals surface area contributed by atoms with Crippen molar-refractivity contribution in [2.45, 2.75) is 0 Å². The largest absolute Gasteiger partial charge is 0.481 e.